The van der Waals surface area contributed by atoms with Gasteiger partial charge in [0.25, 0.3) is 5.91 Å². The highest BCUT2D eigenvalue weighted by Crippen LogP contribution is 2.21. The SMILES string of the molecule is Cc1c(F)cccc1NC(=O)c1cccc2[nH]ccc12. The van der Waals surface area contributed by atoms with Crippen molar-refractivity contribution in [1.82, 2.24) is 4.98 Å². The van der Waals surface area contributed by atoms with E-state index in [0.29, 0.717) is 16.8 Å². The number of carbonyl (C=O) groups is 1. The van der Waals surface area contributed by atoms with Gasteiger partial charge in [-0.3, -0.25) is 4.79 Å². The molecule has 0 saturated heterocycles. The number of carbonyl (C=O) groups excluding carboxylic acids is 1. The first-order chi connectivity index (χ1) is 9.66. The number of aromatic amines is 1. The van der Waals surface area contributed by atoms with Gasteiger partial charge in [0.05, 0.1) is 0 Å². The van der Waals surface area contributed by atoms with Crippen molar-refractivity contribution in [3.8, 4) is 0 Å². The van der Waals surface area contributed by atoms with E-state index in [4.69, 9.17) is 0 Å². The van der Waals surface area contributed by atoms with Crippen LogP contribution >= 0.6 is 0 Å². The lowest BCUT2D eigenvalue weighted by Crippen LogP contribution is -2.13. The first-order valence-corrected chi connectivity index (χ1v) is 6.29. The third-order valence-electron chi connectivity index (χ3n) is 3.36. The summed E-state index contributed by atoms with van der Waals surface area (Å²) in [6.07, 6.45) is 1.79. The average Bonchev–Trinajstić information content (AvgIpc) is 2.92. The summed E-state index contributed by atoms with van der Waals surface area (Å²) in [5, 5.41) is 3.60. The number of halogens is 1. The van der Waals surface area contributed by atoms with Crippen molar-refractivity contribution in [2.24, 2.45) is 0 Å². The highest BCUT2D eigenvalue weighted by Gasteiger charge is 2.12. The van der Waals surface area contributed by atoms with Gasteiger partial charge >= 0.3 is 0 Å². The molecular weight excluding hydrogens is 255 g/mol. The minimum Gasteiger partial charge on any atom is -0.361 e. The molecule has 0 unspecified atom stereocenters. The number of nitrogens with one attached hydrogen (secondary N) is 2. The topological polar surface area (TPSA) is 44.9 Å². The molecule has 0 saturated carbocycles. The molecule has 0 fully saturated rings. The molecule has 0 bridgehead atoms. The van der Waals surface area contributed by atoms with Crippen molar-refractivity contribution in [3.05, 3.63) is 65.6 Å². The predicted molar refractivity (Wildman–Crippen MR) is 77.4 cm³/mol. The van der Waals surface area contributed by atoms with Crippen LogP contribution in [0.15, 0.2) is 48.7 Å². The van der Waals surface area contributed by atoms with Crippen molar-refractivity contribution in [1.29, 1.82) is 0 Å². The van der Waals surface area contributed by atoms with Crippen LogP contribution < -0.4 is 5.32 Å². The van der Waals surface area contributed by atoms with Crippen molar-refractivity contribution < 1.29 is 9.18 Å². The second kappa shape index (κ2) is 4.81. The number of benzene rings is 2. The van der Waals surface area contributed by atoms with Gasteiger partial charge in [0.1, 0.15) is 5.82 Å². The molecule has 20 heavy (non-hydrogen) atoms. The summed E-state index contributed by atoms with van der Waals surface area (Å²) in [6.45, 7) is 1.64. The van der Waals surface area contributed by atoms with Crippen LogP contribution in [0.1, 0.15) is 15.9 Å². The van der Waals surface area contributed by atoms with Crippen molar-refractivity contribution in [3.63, 3.8) is 0 Å². The van der Waals surface area contributed by atoms with E-state index in [1.165, 1.54) is 6.07 Å². The summed E-state index contributed by atoms with van der Waals surface area (Å²) in [4.78, 5) is 15.4. The Balaban J connectivity index is 1.97. The number of H-pyrrole nitrogens is 1. The van der Waals surface area contributed by atoms with Gasteiger partial charge in [-0.15, -0.1) is 0 Å². The van der Waals surface area contributed by atoms with Crippen LogP contribution in [-0.4, -0.2) is 10.9 Å². The number of fused-ring (bicyclic) bond motifs is 1. The summed E-state index contributed by atoms with van der Waals surface area (Å²) in [5.41, 5.74) is 2.38. The zero-order valence-electron chi connectivity index (χ0n) is 10.9. The molecule has 1 amide bonds. The molecule has 0 aliphatic heterocycles. The minimum atomic E-state index is -0.331. The van der Waals surface area contributed by atoms with Gasteiger partial charge in [-0.2, -0.15) is 0 Å². The Hall–Kier alpha value is -2.62. The fraction of sp³-hybridized carbons (Fsp3) is 0.0625. The fourth-order valence-corrected chi connectivity index (χ4v) is 2.22. The van der Waals surface area contributed by atoms with Gasteiger partial charge in [0.2, 0.25) is 0 Å². The Kier molecular flexibility index (Phi) is 2.99. The molecule has 3 rings (SSSR count). The maximum Gasteiger partial charge on any atom is 0.256 e. The lowest BCUT2D eigenvalue weighted by Gasteiger charge is -2.09. The third-order valence-corrected chi connectivity index (χ3v) is 3.36. The van der Waals surface area contributed by atoms with E-state index < -0.39 is 0 Å². The van der Waals surface area contributed by atoms with Crippen LogP contribution in [0, 0.1) is 12.7 Å². The van der Waals surface area contributed by atoms with Gasteiger partial charge in [-0.05, 0) is 37.3 Å². The second-order valence-electron chi connectivity index (χ2n) is 4.61. The largest absolute Gasteiger partial charge is 0.361 e. The Labute approximate surface area is 115 Å². The normalized spacial score (nSPS) is 10.7. The molecule has 100 valence electrons. The predicted octanol–water partition coefficient (Wildman–Crippen LogP) is 3.87. The van der Waals surface area contributed by atoms with Gasteiger partial charge in [0.15, 0.2) is 0 Å². The molecule has 4 heteroatoms. The van der Waals surface area contributed by atoms with Crippen LogP contribution in [0.2, 0.25) is 0 Å². The summed E-state index contributed by atoms with van der Waals surface area (Å²) in [5.74, 6) is -0.577. The molecule has 2 aromatic carbocycles. The Morgan fingerprint density at radius 2 is 1.95 bits per heavy atom. The molecule has 0 radical (unpaired) electrons. The number of anilines is 1. The fourth-order valence-electron chi connectivity index (χ4n) is 2.22. The monoisotopic (exact) mass is 268 g/mol. The summed E-state index contributed by atoms with van der Waals surface area (Å²) in [7, 11) is 0. The van der Waals surface area contributed by atoms with E-state index in [0.717, 1.165) is 10.9 Å². The van der Waals surface area contributed by atoms with Crippen LogP contribution in [0.4, 0.5) is 10.1 Å². The zero-order valence-corrected chi connectivity index (χ0v) is 10.9. The number of hydrogen-bond acceptors (Lipinski definition) is 1. The minimum absolute atomic E-state index is 0.246. The molecule has 0 spiro atoms. The first-order valence-electron chi connectivity index (χ1n) is 6.29. The Morgan fingerprint density at radius 1 is 1.15 bits per heavy atom. The van der Waals surface area contributed by atoms with E-state index >= 15 is 0 Å². The van der Waals surface area contributed by atoms with E-state index in [1.807, 2.05) is 18.2 Å². The number of hydrogen-bond donors (Lipinski definition) is 2. The van der Waals surface area contributed by atoms with Gasteiger partial charge in [-0.1, -0.05) is 12.1 Å². The van der Waals surface area contributed by atoms with Crippen LogP contribution in [0.5, 0.6) is 0 Å². The molecule has 0 aliphatic carbocycles. The van der Waals surface area contributed by atoms with Crippen molar-refractivity contribution in [2.45, 2.75) is 6.92 Å². The lowest BCUT2D eigenvalue weighted by molar-refractivity contribution is 0.102. The van der Waals surface area contributed by atoms with Gasteiger partial charge < -0.3 is 10.3 Å². The highest BCUT2D eigenvalue weighted by molar-refractivity contribution is 6.12. The molecule has 1 aromatic heterocycles. The van der Waals surface area contributed by atoms with Crippen molar-refractivity contribution >= 4 is 22.5 Å². The first kappa shape index (κ1) is 12.4. The Bertz CT molecular complexity index is 792. The second-order valence-corrected chi connectivity index (χ2v) is 4.61. The van der Waals surface area contributed by atoms with E-state index in [9.17, 15) is 9.18 Å². The quantitative estimate of drug-likeness (QED) is 0.728. The van der Waals surface area contributed by atoms with Gasteiger partial charge in [0, 0.05) is 33.9 Å². The molecule has 3 nitrogen and oxygen atoms in total. The Morgan fingerprint density at radius 3 is 2.80 bits per heavy atom. The summed E-state index contributed by atoms with van der Waals surface area (Å²) >= 11 is 0. The number of amides is 1. The highest BCUT2D eigenvalue weighted by atomic mass is 19.1. The van der Waals surface area contributed by atoms with E-state index in [2.05, 4.69) is 10.3 Å². The maximum absolute atomic E-state index is 13.5. The molecule has 1 heterocycles. The van der Waals surface area contributed by atoms with Gasteiger partial charge in [-0.25, -0.2) is 4.39 Å². The summed E-state index contributed by atoms with van der Waals surface area (Å²) in [6, 6.07) is 12.0. The van der Waals surface area contributed by atoms with E-state index in [-0.39, 0.29) is 11.7 Å². The molecule has 2 N–H and O–H groups in total. The number of aromatic nitrogens is 1. The standard InChI is InChI=1S/C16H13FN2O/c1-10-13(17)5-3-6-14(10)19-16(20)12-4-2-7-15-11(12)8-9-18-15/h2-9,18H,1H3,(H,19,20). The molecule has 0 aliphatic rings. The lowest BCUT2D eigenvalue weighted by atomic mass is 10.1. The van der Waals surface area contributed by atoms with E-state index in [1.54, 1.807) is 31.3 Å². The maximum atomic E-state index is 13.5. The average molecular weight is 268 g/mol. The third kappa shape index (κ3) is 2.05. The molecular formula is C16H13FN2O. The summed E-state index contributed by atoms with van der Waals surface area (Å²) < 4.78 is 13.5. The van der Waals surface area contributed by atoms with Crippen LogP contribution in [-0.2, 0) is 0 Å². The smallest absolute Gasteiger partial charge is 0.256 e. The molecule has 3 aromatic rings. The van der Waals surface area contributed by atoms with Crippen LogP contribution in [0.3, 0.4) is 0 Å². The van der Waals surface area contributed by atoms with Crippen LogP contribution in [0.25, 0.3) is 10.9 Å². The zero-order chi connectivity index (χ0) is 14.1. The molecule has 0 atom stereocenters. The number of rotatable bonds is 2. The van der Waals surface area contributed by atoms with Crippen molar-refractivity contribution in [2.75, 3.05) is 5.32 Å².